The maximum absolute atomic E-state index is 6.29. The molecule has 0 fully saturated rings. The summed E-state index contributed by atoms with van der Waals surface area (Å²) in [6.07, 6.45) is 0. The number of nitrogens with zero attached hydrogens (tertiary/aromatic N) is 1. The van der Waals surface area contributed by atoms with Crippen molar-refractivity contribution in [1.29, 1.82) is 0 Å². The number of fused-ring (bicyclic) bond motifs is 9. The van der Waals surface area contributed by atoms with Crippen molar-refractivity contribution in [2.24, 2.45) is 0 Å². The number of benzene rings is 12. The van der Waals surface area contributed by atoms with Gasteiger partial charge in [-0.25, -0.2) is 0 Å². The molecule has 1 heterocycles. The standard InChI is InChI=1S/C64H41NO/c1-3-15-54-43(11-1)27-29-50-39-48(33-37-56(50)54)42-23-25-45(26-24-42)58-17-5-7-20-61(58)65(52-35-31-46(32-36-52)59-19-10-22-63-64(59)60-18-6-8-21-62(60)66-63)53-14-9-13-47(41-53)49-34-38-57-51(40-49)30-28-44-12-2-4-16-55(44)57/h1-41H. The van der Waals surface area contributed by atoms with Gasteiger partial charge in [0.25, 0.3) is 0 Å². The van der Waals surface area contributed by atoms with Crippen LogP contribution in [0.2, 0.25) is 0 Å². The van der Waals surface area contributed by atoms with E-state index in [-0.39, 0.29) is 0 Å². The summed E-state index contributed by atoms with van der Waals surface area (Å²) in [5.74, 6) is 0. The van der Waals surface area contributed by atoms with E-state index in [4.69, 9.17) is 4.42 Å². The van der Waals surface area contributed by atoms with Crippen LogP contribution in [-0.4, -0.2) is 0 Å². The largest absolute Gasteiger partial charge is 0.456 e. The van der Waals surface area contributed by atoms with Gasteiger partial charge in [0, 0.05) is 27.7 Å². The molecule has 308 valence electrons. The summed E-state index contributed by atoms with van der Waals surface area (Å²) in [7, 11) is 0. The van der Waals surface area contributed by atoms with Crippen LogP contribution in [-0.2, 0) is 0 Å². The summed E-state index contributed by atoms with van der Waals surface area (Å²) in [6.45, 7) is 0. The molecule has 0 saturated heterocycles. The highest BCUT2D eigenvalue weighted by atomic mass is 16.3. The van der Waals surface area contributed by atoms with Crippen LogP contribution in [0, 0.1) is 0 Å². The van der Waals surface area contributed by atoms with Crippen molar-refractivity contribution in [1.82, 2.24) is 0 Å². The van der Waals surface area contributed by atoms with Gasteiger partial charge < -0.3 is 9.32 Å². The Morgan fingerprint density at radius 3 is 1.47 bits per heavy atom. The average molecular weight is 840 g/mol. The first-order valence-corrected chi connectivity index (χ1v) is 22.6. The Balaban J connectivity index is 0.919. The summed E-state index contributed by atoms with van der Waals surface area (Å²) < 4.78 is 6.29. The smallest absolute Gasteiger partial charge is 0.136 e. The molecular formula is C64H41NO. The van der Waals surface area contributed by atoms with Crippen LogP contribution in [0.1, 0.15) is 0 Å². The van der Waals surface area contributed by atoms with Crippen LogP contribution in [0.4, 0.5) is 17.1 Å². The Kier molecular flexibility index (Phi) is 8.89. The molecule has 0 aliphatic rings. The van der Waals surface area contributed by atoms with E-state index < -0.39 is 0 Å². The van der Waals surface area contributed by atoms with Crippen molar-refractivity contribution < 1.29 is 4.42 Å². The molecule has 0 N–H and O–H groups in total. The molecule has 12 aromatic carbocycles. The van der Waals surface area contributed by atoms with Gasteiger partial charge >= 0.3 is 0 Å². The van der Waals surface area contributed by atoms with E-state index in [1.165, 1.54) is 59.8 Å². The highest BCUT2D eigenvalue weighted by molar-refractivity contribution is 6.13. The van der Waals surface area contributed by atoms with Gasteiger partial charge in [0.05, 0.1) is 5.69 Å². The highest BCUT2D eigenvalue weighted by Gasteiger charge is 2.19. The Bertz CT molecular complexity index is 3990. The maximum atomic E-state index is 6.29. The van der Waals surface area contributed by atoms with Crippen LogP contribution in [0.25, 0.3) is 110 Å². The van der Waals surface area contributed by atoms with Crippen molar-refractivity contribution in [3.05, 3.63) is 249 Å². The molecule has 0 radical (unpaired) electrons. The van der Waals surface area contributed by atoms with Gasteiger partial charge in [0.2, 0.25) is 0 Å². The summed E-state index contributed by atoms with van der Waals surface area (Å²) in [6, 6.07) is 90.4. The molecule has 13 rings (SSSR count). The first-order chi connectivity index (χ1) is 32.7. The monoisotopic (exact) mass is 839 g/mol. The zero-order valence-corrected chi connectivity index (χ0v) is 36.0. The number of furan rings is 1. The third kappa shape index (κ3) is 6.42. The number of anilines is 3. The van der Waals surface area contributed by atoms with Crippen LogP contribution >= 0.6 is 0 Å². The molecule has 0 amide bonds. The fraction of sp³-hybridized carbons (Fsp3) is 0. The third-order valence-electron chi connectivity index (χ3n) is 13.4. The Morgan fingerprint density at radius 1 is 0.258 bits per heavy atom. The zero-order chi connectivity index (χ0) is 43.6. The minimum absolute atomic E-state index is 0.896. The molecule has 0 saturated carbocycles. The molecule has 0 atom stereocenters. The number of hydrogen-bond acceptors (Lipinski definition) is 2. The third-order valence-corrected chi connectivity index (χ3v) is 13.4. The van der Waals surface area contributed by atoms with E-state index in [0.29, 0.717) is 0 Å². The lowest BCUT2D eigenvalue weighted by atomic mass is 9.95. The first kappa shape index (κ1) is 37.8. The zero-order valence-electron chi connectivity index (χ0n) is 36.0. The van der Waals surface area contributed by atoms with Crippen molar-refractivity contribution in [3.63, 3.8) is 0 Å². The average Bonchev–Trinajstić information content (AvgIpc) is 3.78. The molecular weight excluding hydrogens is 799 g/mol. The fourth-order valence-corrected chi connectivity index (χ4v) is 10.2. The summed E-state index contributed by atoms with van der Waals surface area (Å²) in [4.78, 5) is 2.41. The minimum Gasteiger partial charge on any atom is -0.456 e. The van der Waals surface area contributed by atoms with E-state index in [0.717, 1.165) is 66.8 Å². The van der Waals surface area contributed by atoms with E-state index in [2.05, 4.69) is 241 Å². The van der Waals surface area contributed by atoms with E-state index in [9.17, 15) is 0 Å². The second-order valence-corrected chi connectivity index (χ2v) is 17.2. The number of rotatable bonds is 7. The van der Waals surface area contributed by atoms with Crippen molar-refractivity contribution in [3.8, 4) is 44.5 Å². The summed E-state index contributed by atoms with van der Waals surface area (Å²) >= 11 is 0. The normalized spacial score (nSPS) is 11.6. The van der Waals surface area contributed by atoms with Gasteiger partial charge in [-0.2, -0.15) is 0 Å². The molecule has 13 aromatic rings. The number of hydrogen-bond donors (Lipinski definition) is 0. The molecule has 1 aromatic heterocycles. The number of para-hydroxylation sites is 2. The van der Waals surface area contributed by atoms with Crippen LogP contribution in [0.3, 0.4) is 0 Å². The molecule has 0 unspecified atom stereocenters. The van der Waals surface area contributed by atoms with Gasteiger partial charge in [-0.15, -0.1) is 0 Å². The Hall–Kier alpha value is -8.72. The molecule has 0 bridgehead atoms. The van der Waals surface area contributed by atoms with Gasteiger partial charge in [-0.05, 0) is 137 Å². The molecule has 0 aliphatic heterocycles. The van der Waals surface area contributed by atoms with Gasteiger partial charge in [-0.1, -0.05) is 194 Å². The predicted molar refractivity (Wildman–Crippen MR) is 280 cm³/mol. The molecule has 2 nitrogen and oxygen atoms in total. The summed E-state index contributed by atoms with van der Waals surface area (Å²) in [5.41, 5.74) is 14.4. The highest BCUT2D eigenvalue weighted by Crippen LogP contribution is 2.44. The van der Waals surface area contributed by atoms with E-state index in [1.807, 2.05) is 12.1 Å². The van der Waals surface area contributed by atoms with Crippen molar-refractivity contribution in [2.75, 3.05) is 4.90 Å². The molecule has 2 heteroatoms. The van der Waals surface area contributed by atoms with Crippen LogP contribution < -0.4 is 4.90 Å². The minimum atomic E-state index is 0.896. The van der Waals surface area contributed by atoms with Gasteiger partial charge in [0.15, 0.2) is 0 Å². The molecule has 66 heavy (non-hydrogen) atoms. The predicted octanol–water partition coefficient (Wildman–Crippen LogP) is 18.3. The Morgan fingerprint density at radius 2 is 0.742 bits per heavy atom. The fourth-order valence-electron chi connectivity index (χ4n) is 10.2. The van der Waals surface area contributed by atoms with Crippen molar-refractivity contribution >= 4 is 82.1 Å². The SMILES string of the molecule is c1cc(-c2ccc3c(ccc4ccccc43)c2)cc(N(c2ccc(-c3cccc4oc5ccccc5c34)cc2)c2ccccc2-c2ccc(-c3ccc4c(ccc5ccccc54)c3)cc2)c1. The Labute approximate surface area is 382 Å². The van der Waals surface area contributed by atoms with E-state index >= 15 is 0 Å². The second kappa shape index (κ2) is 15.5. The van der Waals surface area contributed by atoms with Crippen molar-refractivity contribution in [2.45, 2.75) is 0 Å². The second-order valence-electron chi connectivity index (χ2n) is 17.2. The molecule has 0 spiro atoms. The molecule has 0 aliphatic carbocycles. The van der Waals surface area contributed by atoms with Crippen LogP contribution in [0.5, 0.6) is 0 Å². The van der Waals surface area contributed by atoms with Crippen LogP contribution in [0.15, 0.2) is 253 Å². The lowest BCUT2D eigenvalue weighted by Gasteiger charge is -2.28. The topological polar surface area (TPSA) is 16.4 Å². The van der Waals surface area contributed by atoms with E-state index in [1.54, 1.807) is 0 Å². The lowest BCUT2D eigenvalue weighted by Crippen LogP contribution is -2.11. The van der Waals surface area contributed by atoms with Gasteiger partial charge in [-0.3, -0.25) is 0 Å². The lowest BCUT2D eigenvalue weighted by molar-refractivity contribution is 0.669. The first-order valence-electron chi connectivity index (χ1n) is 22.6. The quantitative estimate of drug-likeness (QED) is 0.149. The maximum Gasteiger partial charge on any atom is 0.136 e. The summed E-state index contributed by atoms with van der Waals surface area (Å²) in [5, 5.41) is 12.4. The van der Waals surface area contributed by atoms with Gasteiger partial charge in [0.1, 0.15) is 11.2 Å².